The highest BCUT2D eigenvalue weighted by molar-refractivity contribution is 6.39. The van der Waals surface area contributed by atoms with Gasteiger partial charge in [0.25, 0.3) is 0 Å². The number of fused-ring (bicyclic) bond motifs is 1. The normalized spacial score (nSPS) is 10.9. The van der Waals surface area contributed by atoms with E-state index in [-0.39, 0.29) is 5.28 Å². The predicted molar refractivity (Wildman–Crippen MR) is 67.5 cm³/mol. The second kappa shape index (κ2) is 3.85. The van der Waals surface area contributed by atoms with Gasteiger partial charge in [-0.3, -0.25) is 4.98 Å². The van der Waals surface area contributed by atoms with E-state index < -0.39 is 0 Å². The number of hydrogen-bond donors (Lipinski definition) is 1. The van der Waals surface area contributed by atoms with Crippen molar-refractivity contribution in [1.29, 1.82) is 0 Å². The number of rotatable bonds is 1. The van der Waals surface area contributed by atoms with Crippen LogP contribution in [0.1, 0.15) is 0 Å². The van der Waals surface area contributed by atoms with Gasteiger partial charge in [-0.15, -0.1) is 0 Å². The molecular weight excluding hydrogens is 234 g/mol. The molecule has 3 heterocycles. The molecule has 2 radical (unpaired) electrons. The van der Waals surface area contributed by atoms with Crippen molar-refractivity contribution in [1.82, 2.24) is 19.9 Å². The van der Waals surface area contributed by atoms with E-state index in [1.54, 1.807) is 18.6 Å². The van der Waals surface area contributed by atoms with Crippen LogP contribution in [0.5, 0.6) is 0 Å². The number of H-pyrrole nitrogens is 1. The summed E-state index contributed by atoms with van der Waals surface area (Å²) in [6.07, 6.45) is 5.08. The summed E-state index contributed by atoms with van der Waals surface area (Å²) in [4.78, 5) is 15.3. The van der Waals surface area contributed by atoms with Crippen molar-refractivity contribution in [2.24, 2.45) is 0 Å². The van der Waals surface area contributed by atoms with Gasteiger partial charge in [-0.1, -0.05) is 5.46 Å². The van der Waals surface area contributed by atoms with Crippen molar-refractivity contribution >= 4 is 35.9 Å². The van der Waals surface area contributed by atoms with E-state index in [1.165, 1.54) is 0 Å². The molecule has 80 valence electrons. The van der Waals surface area contributed by atoms with Crippen LogP contribution in [-0.2, 0) is 0 Å². The Labute approximate surface area is 103 Å². The molecule has 0 unspecified atom stereocenters. The first-order valence-corrected chi connectivity index (χ1v) is 5.34. The van der Waals surface area contributed by atoms with Crippen LogP contribution in [0.4, 0.5) is 0 Å². The first-order chi connectivity index (χ1) is 8.25. The molecule has 3 rings (SSSR count). The Morgan fingerprint density at radius 1 is 1.18 bits per heavy atom. The summed E-state index contributed by atoms with van der Waals surface area (Å²) in [5.74, 6) is 0. The third-order valence-electron chi connectivity index (χ3n) is 2.48. The number of nitrogens with one attached hydrogen (secondary N) is 1. The maximum absolute atomic E-state index is 5.90. The highest BCUT2D eigenvalue weighted by atomic mass is 35.5. The van der Waals surface area contributed by atoms with E-state index in [1.807, 2.05) is 12.1 Å². The SMILES string of the molecule is [B]c1c[nH]c2c(-c3ccncc3)nc(Cl)nc12. The Bertz CT molecular complexity index is 681. The monoisotopic (exact) mass is 240 g/mol. The smallest absolute Gasteiger partial charge is 0.223 e. The molecule has 4 nitrogen and oxygen atoms in total. The molecule has 0 aromatic carbocycles. The Hall–Kier alpha value is -1.88. The van der Waals surface area contributed by atoms with Crippen molar-refractivity contribution in [3.05, 3.63) is 36.0 Å². The number of hydrogen-bond acceptors (Lipinski definition) is 3. The van der Waals surface area contributed by atoms with E-state index >= 15 is 0 Å². The highest BCUT2D eigenvalue weighted by Gasteiger charge is 2.11. The van der Waals surface area contributed by atoms with Gasteiger partial charge in [-0.25, -0.2) is 9.97 Å². The Morgan fingerprint density at radius 3 is 2.71 bits per heavy atom. The van der Waals surface area contributed by atoms with Gasteiger partial charge in [-0.05, 0) is 29.9 Å². The molecule has 3 aromatic heterocycles. The summed E-state index contributed by atoms with van der Waals surface area (Å²) in [5.41, 5.74) is 3.60. The summed E-state index contributed by atoms with van der Waals surface area (Å²) in [6.45, 7) is 0. The van der Waals surface area contributed by atoms with Gasteiger partial charge in [0.05, 0.1) is 16.7 Å². The topological polar surface area (TPSA) is 54.5 Å². The van der Waals surface area contributed by atoms with E-state index in [0.29, 0.717) is 11.0 Å². The molecule has 0 saturated heterocycles. The van der Waals surface area contributed by atoms with Gasteiger partial charge >= 0.3 is 0 Å². The van der Waals surface area contributed by atoms with Crippen LogP contribution in [0, 0.1) is 0 Å². The van der Waals surface area contributed by atoms with Crippen LogP contribution < -0.4 is 5.46 Å². The average Bonchev–Trinajstić information content (AvgIpc) is 2.72. The number of halogens is 1. The van der Waals surface area contributed by atoms with Crippen LogP contribution in [0.2, 0.25) is 5.28 Å². The van der Waals surface area contributed by atoms with E-state index in [2.05, 4.69) is 19.9 Å². The lowest BCUT2D eigenvalue weighted by Gasteiger charge is -2.03. The minimum atomic E-state index is 0.176. The average molecular weight is 240 g/mol. The van der Waals surface area contributed by atoms with Crippen molar-refractivity contribution in [3.63, 3.8) is 0 Å². The van der Waals surface area contributed by atoms with Crippen molar-refractivity contribution in [2.75, 3.05) is 0 Å². The second-order valence-electron chi connectivity index (χ2n) is 3.54. The van der Waals surface area contributed by atoms with Gasteiger partial charge in [0, 0.05) is 18.0 Å². The zero-order valence-electron chi connectivity index (χ0n) is 8.68. The summed E-state index contributed by atoms with van der Waals surface area (Å²) in [5, 5.41) is 0.176. The summed E-state index contributed by atoms with van der Waals surface area (Å²) in [6, 6.07) is 3.71. The maximum Gasteiger partial charge on any atom is 0.223 e. The fourth-order valence-electron chi connectivity index (χ4n) is 1.72. The molecular formula is C11H6BClN4. The molecule has 0 bridgehead atoms. The highest BCUT2D eigenvalue weighted by Crippen LogP contribution is 2.24. The van der Waals surface area contributed by atoms with Crippen molar-refractivity contribution < 1.29 is 0 Å². The predicted octanol–water partition coefficient (Wildman–Crippen LogP) is 1.47. The minimum Gasteiger partial charge on any atom is -0.359 e. The van der Waals surface area contributed by atoms with Gasteiger partial charge in [-0.2, -0.15) is 0 Å². The fourth-order valence-corrected chi connectivity index (χ4v) is 1.89. The molecule has 0 aliphatic heterocycles. The first kappa shape index (κ1) is 10.3. The molecule has 0 spiro atoms. The van der Waals surface area contributed by atoms with Gasteiger partial charge < -0.3 is 4.98 Å². The Kier molecular flexibility index (Phi) is 2.33. The van der Waals surface area contributed by atoms with E-state index in [0.717, 1.165) is 16.8 Å². The molecule has 1 N–H and O–H groups in total. The van der Waals surface area contributed by atoms with Crippen LogP contribution in [0.25, 0.3) is 22.3 Å². The van der Waals surface area contributed by atoms with Gasteiger partial charge in [0.1, 0.15) is 7.85 Å². The summed E-state index contributed by atoms with van der Waals surface area (Å²) in [7, 11) is 5.80. The third-order valence-corrected chi connectivity index (χ3v) is 2.65. The second-order valence-corrected chi connectivity index (χ2v) is 3.88. The summed E-state index contributed by atoms with van der Waals surface area (Å²) >= 11 is 5.90. The van der Waals surface area contributed by atoms with Crippen molar-refractivity contribution in [3.8, 4) is 11.3 Å². The molecule has 6 heteroatoms. The molecule has 0 atom stereocenters. The zero-order valence-corrected chi connectivity index (χ0v) is 9.44. The van der Waals surface area contributed by atoms with Crippen LogP contribution in [-0.4, -0.2) is 27.8 Å². The number of aromatic amines is 1. The molecule has 3 aromatic rings. The number of aromatic nitrogens is 4. The number of nitrogens with zero attached hydrogens (tertiary/aromatic N) is 3. The largest absolute Gasteiger partial charge is 0.359 e. The Balaban J connectivity index is 2.36. The lowest BCUT2D eigenvalue weighted by atomic mass is 9.98. The third kappa shape index (κ3) is 1.68. The van der Waals surface area contributed by atoms with Crippen LogP contribution in [0.15, 0.2) is 30.7 Å². The maximum atomic E-state index is 5.90. The number of pyridine rings is 1. The van der Waals surface area contributed by atoms with Crippen molar-refractivity contribution in [2.45, 2.75) is 0 Å². The molecule has 17 heavy (non-hydrogen) atoms. The fraction of sp³-hybridized carbons (Fsp3) is 0. The van der Waals surface area contributed by atoms with Crippen LogP contribution in [0.3, 0.4) is 0 Å². The first-order valence-electron chi connectivity index (χ1n) is 4.96. The van der Waals surface area contributed by atoms with Crippen LogP contribution >= 0.6 is 11.6 Å². The standard InChI is InChI=1S/C11H6BClN4/c12-7-5-15-10-8(6-1-3-14-4-2-6)16-11(13)17-9(7)10/h1-5,15H. The minimum absolute atomic E-state index is 0.176. The molecule has 0 fully saturated rings. The van der Waals surface area contributed by atoms with E-state index in [9.17, 15) is 0 Å². The quantitative estimate of drug-likeness (QED) is 0.518. The van der Waals surface area contributed by atoms with Gasteiger partial charge in [0.2, 0.25) is 5.28 Å². The lowest BCUT2D eigenvalue weighted by molar-refractivity contribution is 1.21. The molecule has 0 aliphatic carbocycles. The molecule has 0 amide bonds. The summed E-state index contributed by atoms with van der Waals surface area (Å²) < 4.78 is 0. The molecule has 0 aliphatic rings. The zero-order chi connectivity index (χ0) is 11.8. The van der Waals surface area contributed by atoms with Gasteiger partial charge in [0.15, 0.2) is 0 Å². The Morgan fingerprint density at radius 2 is 1.94 bits per heavy atom. The lowest BCUT2D eigenvalue weighted by Crippen LogP contribution is -2.01. The van der Waals surface area contributed by atoms with E-state index in [4.69, 9.17) is 19.4 Å². The molecule has 0 saturated carbocycles.